The molecule has 0 radical (unpaired) electrons. The molecule has 0 aromatic rings. The van der Waals surface area contributed by atoms with Gasteiger partial charge in [-0.05, 0) is 19.4 Å². The Kier molecular flexibility index (Phi) is 1.62. The highest BCUT2D eigenvalue weighted by atomic mass is 35.5. The topological polar surface area (TPSA) is 0 Å². The van der Waals surface area contributed by atoms with E-state index in [0.29, 0.717) is 0 Å². The summed E-state index contributed by atoms with van der Waals surface area (Å²) in [7, 11) is 0. The minimum Gasteiger partial charge on any atom is -0.0957 e. The zero-order chi connectivity index (χ0) is 8.15. The summed E-state index contributed by atoms with van der Waals surface area (Å²) in [6.45, 7) is 8.22. The summed E-state index contributed by atoms with van der Waals surface area (Å²) < 4.78 is -0.591. The van der Waals surface area contributed by atoms with Crippen LogP contribution in [0.25, 0.3) is 0 Å². The van der Waals surface area contributed by atoms with Crippen LogP contribution in [0.1, 0.15) is 27.7 Å². The van der Waals surface area contributed by atoms with Gasteiger partial charge in [0.25, 0.3) is 0 Å². The number of rotatable bonds is 0. The third kappa shape index (κ3) is 0.820. The van der Waals surface area contributed by atoms with Gasteiger partial charge in [0.05, 0.1) is 0 Å². The standard InChI is InChI=1S/C8H12Cl2/c1-5(2)6-7(3,4)8(6,9)10/h1-4H3. The van der Waals surface area contributed by atoms with Gasteiger partial charge >= 0.3 is 0 Å². The Morgan fingerprint density at radius 1 is 1.20 bits per heavy atom. The first-order valence-corrected chi connectivity index (χ1v) is 4.13. The van der Waals surface area contributed by atoms with Gasteiger partial charge in [-0.2, -0.15) is 0 Å². The second kappa shape index (κ2) is 1.92. The molecule has 0 aliphatic heterocycles. The van der Waals surface area contributed by atoms with Gasteiger partial charge in [0.15, 0.2) is 0 Å². The van der Waals surface area contributed by atoms with Crippen LogP contribution in [0.5, 0.6) is 0 Å². The second-order valence-corrected chi connectivity index (χ2v) is 4.90. The molecule has 0 unspecified atom stereocenters. The molecule has 0 heterocycles. The van der Waals surface area contributed by atoms with E-state index in [1.165, 1.54) is 11.1 Å². The molecule has 0 atom stereocenters. The summed E-state index contributed by atoms with van der Waals surface area (Å²) in [6.07, 6.45) is 0. The molecular formula is C8H12Cl2. The summed E-state index contributed by atoms with van der Waals surface area (Å²) >= 11 is 12.0. The Hall–Kier alpha value is 0.320. The van der Waals surface area contributed by atoms with Crippen molar-refractivity contribution < 1.29 is 0 Å². The molecule has 1 aliphatic carbocycles. The lowest BCUT2D eigenvalue weighted by Gasteiger charge is -1.97. The lowest BCUT2D eigenvalue weighted by atomic mass is 10.1. The molecule has 0 aromatic heterocycles. The van der Waals surface area contributed by atoms with Gasteiger partial charge in [0.2, 0.25) is 0 Å². The predicted molar refractivity (Wildman–Crippen MR) is 46.6 cm³/mol. The zero-order valence-corrected chi connectivity index (χ0v) is 8.27. The van der Waals surface area contributed by atoms with E-state index in [1.54, 1.807) is 0 Å². The molecule has 0 spiro atoms. The van der Waals surface area contributed by atoms with E-state index < -0.39 is 4.33 Å². The van der Waals surface area contributed by atoms with Crippen LogP contribution < -0.4 is 0 Å². The lowest BCUT2D eigenvalue weighted by Crippen LogP contribution is -1.96. The summed E-state index contributed by atoms with van der Waals surface area (Å²) in [5.74, 6) is 0. The smallest absolute Gasteiger partial charge is 0.0957 e. The molecule has 1 rings (SSSR count). The molecule has 1 fully saturated rings. The maximum atomic E-state index is 6.00. The van der Waals surface area contributed by atoms with Gasteiger partial charge < -0.3 is 0 Å². The normalized spacial score (nSPS) is 26.4. The largest absolute Gasteiger partial charge is 0.148 e. The number of allylic oxidation sites excluding steroid dienone is 2. The lowest BCUT2D eigenvalue weighted by molar-refractivity contribution is 0.667. The van der Waals surface area contributed by atoms with Crippen molar-refractivity contribution >= 4 is 23.2 Å². The Bertz CT molecular complexity index is 179. The zero-order valence-electron chi connectivity index (χ0n) is 6.76. The Labute approximate surface area is 72.2 Å². The highest BCUT2D eigenvalue weighted by Gasteiger charge is 2.65. The van der Waals surface area contributed by atoms with Crippen molar-refractivity contribution in [3.63, 3.8) is 0 Å². The molecule has 0 aromatic carbocycles. The molecule has 0 N–H and O–H groups in total. The van der Waals surface area contributed by atoms with Crippen LogP contribution in [-0.2, 0) is 0 Å². The Morgan fingerprint density at radius 2 is 1.50 bits per heavy atom. The van der Waals surface area contributed by atoms with Crippen molar-refractivity contribution in [2.75, 3.05) is 0 Å². The fourth-order valence-electron chi connectivity index (χ4n) is 1.50. The highest BCUT2D eigenvalue weighted by molar-refractivity contribution is 6.55. The van der Waals surface area contributed by atoms with Crippen molar-refractivity contribution in [3.8, 4) is 0 Å². The van der Waals surface area contributed by atoms with Crippen LogP contribution in [-0.4, -0.2) is 4.33 Å². The van der Waals surface area contributed by atoms with E-state index in [4.69, 9.17) is 23.2 Å². The Morgan fingerprint density at radius 3 is 1.50 bits per heavy atom. The van der Waals surface area contributed by atoms with E-state index in [2.05, 4.69) is 13.8 Å². The number of hydrogen-bond acceptors (Lipinski definition) is 0. The quantitative estimate of drug-likeness (QED) is 0.394. The average Bonchev–Trinajstić information content (AvgIpc) is 1.97. The van der Waals surface area contributed by atoms with Crippen molar-refractivity contribution in [3.05, 3.63) is 11.1 Å². The molecule has 0 nitrogen and oxygen atoms in total. The summed E-state index contributed by atoms with van der Waals surface area (Å²) in [5, 5.41) is 0. The first kappa shape index (κ1) is 8.42. The first-order valence-electron chi connectivity index (χ1n) is 3.38. The number of alkyl halides is 2. The molecule has 0 amide bonds. The van der Waals surface area contributed by atoms with Gasteiger partial charge in [-0.1, -0.05) is 42.6 Å². The average molecular weight is 179 g/mol. The maximum Gasteiger partial charge on any atom is 0.148 e. The van der Waals surface area contributed by atoms with Gasteiger partial charge in [-0.15, -0.1) is 0 Å². The van der Waals surface area contributed by atoms with Gasteiger partial charge in [0, 0.05) is 5.41 Å². The van der Waals surface area contributed by atoms with Crippen LogP contribution in [0, 0.1) is 5.41 Å². The number of hydrogen-bond donors (Lipinski definition) is 0. The van der Waals surface area contributed by atoms with Crippen molar-refractivity contribution in [1.82, 2.24) is 0 Å². The molecule has 10 heavy (non-hydrogen) atoms. The fraction of sp³-hybridized carbons (Fsp3) is 0.750. The Balaban J connectivity index is 3.04. The molecule has 58 valence electrons. The van der Waals surface area contributed by atoms with Crippen molar-refractivity contribution in [2.24, 2.45) is 5.41 Å². The predicted octanol–water partition coefficient (Wildman–Crippen LogP) is 3.54. The monoisotopic (exact) mass is 178 g/mol. The van der Waals surface area contributed by atoms with E-state index in [0.717, 1.165) is 0 Å². The van der Waals surface area contributed by atoms with E-state index in [-0.39, 0.29) is 5.41 Å². The van der Waals surface area contributed by atoms with Gasteiger partial charge in [-0.3, -0.25) is 0 Å². The fourth-order valence-corrected chi connectivity index (χ4v) is 2.45. The molecule has 0 bridgehead atoms. The third-order valence-electron chi connectivity index (χ3n) is 2.16. The minimum absolute atomic E-state index is 0.00502. The molecule has 1 saturated carbocycles. The van der Waals surface area contributed by atoms with Crippen molar-refractivity contribution in [2.45, 2.75) is 32.0 Å². The molecular weight excluding hydrogens is 167 g/mol. The highest BCUT2D eigenvalue weighted by Crippen LogP contribution is 2.69. The second-order valence-electron chi connectivity index (χ2n) is 3.57. The van der Waals surface area contributed by atoms with E-state index >= 15 is 0 Å². The van der Waals surface area contributed by atoms with Crippen molar-refractivity contribution in [1.29, 1.82) is 0 Å². The van der Waals surface area contributed by atoms with Gasteiger partial charge in [0.1, 0.15) is 4.33 Å². The molecule has 0 saturated heterocycles. The maximum absolute atomic E-state index is 6.00. The first-order chi connectivity index (χ1) is 4.32. The van der Waals surface area contributed by atoms with Crippen LogP contribution in [0.3, 0.4) is 0 Å². The third-order valence-corrected chi connectivity index (χ3v) is 3.48. The minimum atomic E-state index is -0.591. The van der Waals surface area contributed by atoms with Crippen LogP contribution >= 0.6 is 23.2 Å². The van der Waals surface area contributed by atoms with Gasteiger partial charge in [-0.25, -0.2) is 0 Å². The summed E-state index contributed by atoms with van der Waals surface area (Å²) in [4.78, 5) is 0. The summed E-state index contributed by atoms with van der Waals surface area (Å²) in [5.41, 5.74) is 2.42. The van der Waals surface area contributed by atoms with Crippen LogP contribution in [0.4, 0.5) is 0 Å². The molecule has 2 heteroatoms. The number of halogens is 2. The molecule has 1 aliphatic rings. The summed E-state index contributed by atoms with van der Waals surface area (Å²) in [6, 6.07) is 0. The van der Waals surface area contributed by atoms with Crippen LogP contribution in [0.2, 0.25) is 0 Å². The van der Waals surface area contributed by atoms with Crippen LogP contribution in [0.15, 0.2) is 11.1 Å². The van der Waals surface area contributed by atoms with E-state index in [1.807, 2.05) is 13.8 Å². The van der Waals surface area contributed by atoms with E-state index in [9.17, 15) is 0 Å². The SMILES string of the molecule is CC(C)=C1C(C)(C)C1(Cl)Cl.